The molecule has 0 radical (unpaired) electrons. The van der Waals surface area contributed by atoms with Crippen LogP contribution in [0.5, 0.6) is 0 Å². The molecule has 0 saturated carbocycles. The van der Waals surface area contributed by atoms with Crippen LogP contribution in [0.3, 0.4) is 0 Å². The number of piperazine rings is 1. The summed E-state index contributed by atoms with van der Waals surface area (Å²) in [5.41, 5.74) is 1.96. The first-order valence-corrected chi connectivity index (χ1v) is 10.7. The van der Waals surface area contributed by atoms with Gasteiger partial charge in [0.1, 0.15) is 10.8 Å². The van der Waals surface area contributed by atoms with Crippen molar-refractivity contribution in [3.63, 3.8) is 0 Å². The number of nitrogens with zero attached hydrogens (tertiary/aromatic N) is 6. The van der Waals surface area contributed by atoms with Crippen LogP contribution in [0.25, 0.3) is 22.3 Å². The van der Waals surface area contributed by atoms with Gasteiger partial charge in [-0.05, 0) is 31.2 Å². The first-order valence-electron chi connectivity index (χ1n) is 9.85. The maximum Gasteiger partial charge on any atom is 0.162 e. The SMILES string of the molecule is CC(c1nccs1)N1CCN(c2nc(-c3ccncc3)nc3ccccc23)CC1. The predicted molar refractivity (Wildman–Crippen MR) is 117 cm³/mol. The van der Waals surface area contributed by atoms with Crippen molar-refractivity contribution < 1.29 is 0 Å². The summed E-state index contributed by atoms with van der Waals surface area (Å²) in [6.45, 7) is 6.10. The van der Waals surface area contributed by atoms with Gasteiger partial charge in [-0.2, -0.15) is 0 Å². The molecule has 0 N–H and O–H groups in total. The Morgan fingerprint density at radius 2 is 1.72 bits per heavy atom. The second-order valence-electron chi connectivity index (χ2n) is 7.19. The van der Waals surface area contributed by atoms with Crippen LogP contribution >= 0.6 is 11.3 Å². The number of thiazole rings is 1. The molecule has 1 unspecified atom stereocenters. The minimum absolute atomic E-state index is 0.353. The van der Waals surface area contributed by atoms with Gasteiger partial charge in [-0.3, -0.25) is 9.88 Å². The number of anilines is 1. The summed E-state index contributed by atoms with van der Waals surface area (Å²) in [5.74, 6) is 1.77. The Morgan fingerprint density at radius 1 is 0.931 bits per heavy atom. The molecule has 1 aromatic carbocycles. The van der Waals surface area contributed by atoms with Crippen LogP contribution in [0.4, 0.5) is 5.82 Å². The molecule has 7 heteroatoms. The van der Waals surface area contributed by atoms with Crippen molar-refractivity contribution in [1.82, 2.24) is 24.8 Å². The Balaban J connectivity index is 1.44. The summed E-state index contributed by atoms with van der Waals surface area (Å²) < 4.78 is 0. The number of fused-ring (bicyclic) bond motifs is 1. The average molecular weight is 403 g/mol. The Hall–Kier alpha value is -2.90. The van der Waals surface area contributed by atoms with Crippen molar-refractivity contribution >= 4 is 28.1 Å². The van der Waals surface area contributed by atoms with Crippen LogP contribution in [-0.2, 0) is 0 Å². The number of pyridine rings is 1. The van der Waals surface area contributed by atoms with Crippen molar-refractivity contribution in [3.05, 3.63) is 65.4 Å². The van der Waals surface area contributed by atoms with E-state index in [-0.39, 0.29) is 0 Å². The van der Waals surface area contributed by atoms with Crippen LogP contribution in [0.2, 0.25) is 0 Å². The van der Waals surface area contributed by atoms with Crippen molar-refractivity contribution in [3.8, 4) is 11.4 Å². The van der Waals surface area contributed by atoms with E-state index in [9.17, 15) is 0 Å². The van der Waals surface area contributed by atoms with Gasteiger partial charge in [0, 0.05) is 61.1 Å². The van der Waals surface area contributed by atoms with Gasteiger partial charge in [0.05, 0.1) is 11.6 Å². The summed E-state index contributed by atoms with van der Waals surface area (Å²) in [4.78, 5) is 23.3. The van der Waals surface area contributed by atoms with Crippen LogP contribution in [0, 0.1) is 0 Å². The molecule has 1 fully saturated rings. The lowest BCUT2D eigenvalue weighted by atomic mass is 10.1. The summed E-state index contributed by atoms with van der Waals surface area (Å²) in [6, 6.07) is 12.5. The average Bonchev–Trinajstić information content (AvgIpc) is 3.34. The van der Waals surface area contributed by atoms with E-state index >= 15 is 0 Å². The first kappa shape index (κ1) is 18.1. The Labute approximate surface area is 173 Å². The summed E-state index contributed by atoms with van der Waals surface area (Å²) in [7, 11) is 0. The van der Waals surface area contributed by atoms with E-state index < -0.39 is 0 Å². The van der Waals surface area contributed by atoms with Crippen LogP contribution in [0.15, 0.2) is 60.4 Å². The number of aromatic nitrogens is 4. The van der Waals surface area contributed by atoms with Gasteiger partial charge in [0.25, 0.3) is 0 Å². The third-order valence-corrected chi connectivity index (χ3v) is 6.44. The number of rotatable bonds is 4. The van der Waals surface area contributed by atoms with Gasteiger partial charge in [-0.1, -0.05) is 12.1 Å². The highest BCUT2D eigenvalue weighted by molar-refractivity contribution is 7.09. The predicted octanol–water partition coefficient (Wildman–Crippen LogP) is 4.03. The third-order valence-electron chi connectivity index (χ3n) is 5.49. The summed E-state index contributed by atoms with van der Waals surface area (Å²) in [6.07, 6.45) is 5.46. The molecule has 5 rings (SSSR count). The van der Waals surface area contributed by atoms with Crippen LogP contribution in [-0.4, -0.2) is 51.0 Å². The molecule has 1 saturated heterocycles. The van der Waals surface area contributed by atoms with E-state index in [1.165, 1.54) is 5.01 Å². The van der Waals surface area contributed by atoms with E-state index in [0.29, 0.717) is 6.04 Å². The molecular formula is C22H22N6S. The van der Waals surface area contributed by atoms with Crippen LogP contribution in [0.1, 0.15) is 18.0 Å². The lowest BCUT2D eigenvalue weighted by Crippen LogP contribution is -2.47. The van der Waals surface area contributed by atoms with Crippen molar-refractivity contribution in [2.24, 2.45) is 0 Å². The lowest BCUT2D eigenvalue weighted by molar-refractivity contribution is 0.198. The fourth-order valence-electron chi connectivity index (χ4n) is 3.85. The van der Waals surface area contributed by atoms with E-state index in [1.54, 1.807) is 23.7 Å². The standard InChI is InChI=1S/C22H22N6S/c1-16(22-24-10-15-29-22)27-11-13-28(14-12-27)21-18-4-2-3-5-19(18)25-20(26-21)17-6-8-23-9-7-17/h2-10,15-16H,11-14H2,1H3. The molecule has 4 heterocycles. The number of benzene rings is 1. The van der Waals surface area contributed by atoms with Crippen molar-refractivity contribution in [1.29, 1.82) is 0 Å². The molecular weight excluding hydrogens is 380 g/mol. The largest absolute Gasteiger partial charge is 0.353 e. The van der Waals surface area contributed by atoms with E-state index in [2.05, 4.69) is 50.3 Å². The van der Waals surface area contributed by atoms with Gasteiger partial charge in [-0.15, -0.1) is 11.3 Å². The molecule has 0 spiro atoms. The first-order chi connectivity index (χ1) is 14.3. The topological polar surface area (TPSA) is 58.0 Å². The smallest absolute Gasteiger partial charge is 0.162 e. The molecule has 4 aromatic rings. The van der Waals surface area contributed by atoms with Crippen LogP contribution < -0.4 is 4.90 Å². The number of hydrogen-bond acceptors (Lipinski definition) is 7. The van der Waals surface area contributed by atoms with Gasteiger partial charge in [0.2, 0.25) is 0 Å². The van der Waals surface area contributed by atoms with Gasteiger partial charge in [0.15, 0.2) is 5.82 Å². The Kier molecular flexibility index (Phi) is 4.91. The number of hydrogen-bond donors (Lipinski definition) is 0. The zero-order chi connectivity index (χ0) is 19.6. The van der Waals surface area contributed by atoms with E-state index in [1.807, 2.05) is 24.4 Å². The highest BCUT2D eigenvalue weighted by Crippen LogP contribution is 2.30. The zero-order valence-corrected chi connectivity index (χ0v) is 17.1. The monoisotopic (exact) mass is 402 g/mol. The number of para-hydroxylation sites is 1. The molecule has 1 aliphatic rings. The fraction of sp³-hybridized carbons (Fsp3) is 0.273. The third kappa shape index (κ3) is 3.59. The maximum atomic E-state index is 4.97. The quantitative estimate of drug-likeness (QED) is 0.514. The highest BCUT2D eigenvalue weighted by atomic mass is 32.1. The maximum absolute atomic E-state index is 4.97. The summed E-state index contributed by atoms with van der Waals surface area (Å²) >= 11 is 1.73. The molecule has 3 aromatic heterocycles. The molecule has 6 nitrogen and oxygen atoms in total. The Morgan fingerprint density at radius 3 is 2.48 bits per heavy atom. The molecule has 0 bridgehead atoms. The molecule has 146 valence electrons. The molecule has 0 amide bonds. The summed E-state index contributed by atoms with van der Waals surface area (Å²) in [5, 5.41) is 4.34. The van der Waals surface area contributed by atoms with Gasteiger partial charge < -0.3 is 4.90 Å². The molecule has 1 aliphatic heterocycles. The van der Waals surface area contributed by atoms with Crippen molar-refractivity contribution in [2.45, 2.75) is 13.0 Å². The minimum atomic E-state index is 0.353. The minimum Gasteiger partial charge on any atom is -0.353 e. The second-order valence-corrected chi connectivity index (χ2v) is 8.12. The molecule has 29 heavy (non-hydrogen) atoms. The lowest BCUT2D eigenvalue weighted by Gasteiger charge is -2.38. The zero-order valence-electron chi connectivity index (χ0n) is 16.3. The normalized spacial score (nSPS) is 16.2. The highest BCUT2D eigenvalue weighted by Gasteiger charge is 2.25. The fourth-order valence-corrected chi connectivity index (χ4v) is 4.58. The van der Waals surface area contributed by atoms with Gasteiger partial charge >= 0.3 is 0 Å². The van der Waals surface area contributed by atoms with Gasteiger partial charge in [-0.25, -0.2) is 15.0 Å². The van der Waals surface area contributed by atoms with E-state index in [0.717, 1.165) is 54.3 Å². The van der Waals surface area contributed by atoms with Crippen molar-refractivity contribution in [2.75, 3.05) is 31.1 Å². The Bertz CT molecular complexity index is 1090. The molecule has 0 aliphatic carbocycles. The van der Waals surface area contributed by atoms with E-state index in [4.69, 9.17) is 9.97 Å². The molecule has 1 atom stereocenters. The second kappa shape index (κ2) is 7.85.